The molecule has 0 saturated heterocycles. The molecule has 0 saturated carbocycles. The van der Waals surface area contributed by atoms with E-state index in [0.29, 0.717) is 11.6 Å². The second kappa shape index (κ2) is 5.86. The highest BCUT2D eigenvalue weighted by Gasteiger charge is 2.14. The lowest BCUT2D eigenvalue weighted by atomic mass is 10.3. The Kier molecular flexibility index (Phi) is 3.75. The number of halogens is 1. The second-order valence-electron chi connectivity index (χ2n) is 4.15. The highest BCUT2D eigenvalue weighted by molar-refractivity contribution is 6.32. The highest BCUT2D eigenvalue weighted by atomic mass is 35.5. The van der Waals surface area contributed by atoms with E-state index in [2.05, 4.69) is 10.1 Å². The summed E-state index contributed by atoms with van der Waals surface area (Å²) in [6.07, 6.45) is 1.50. The molecule has 0 N–H and O–H groups in total. The first-order valence-corrected chi connectivity index (χ1v) is 6.44. The van der Waals surface area contributed by atoms with Crippen molar-refractivity contribution in [2.45, 2.75) is 6.61 Å². The number of rotatable bonds is 5. The second-order valence-corrected chi connectivity index (χ2v) is 4.56. The lowest BCUT2D eigenvalue weighted by Crippen LogP contribution is -1.97. The van der Waals surface area contributed by atoms with E-state index in [0.717, 1.165) is 0 Å². The molecule has 3 rings (SSSR count). The van der Waals surface area contributed by atoms with Gasteiger partial charge in [0.1, 0.15) is 5.75 Å². The van der Waals surface area contributed by atoms with Crippen LogP contribution in [-0.2, 0) is 6.61 Å². The summed E-state index contributed by atoms with van der Waals surface area (Å²) in [5.74, 6) is 1.28. The Labute approximate surface area is 128 Å². The van der Waals surface area contributed by atoms with Gasteiger partial charge in [-0.3, -0.25) is 10.1 Å². The molecule has 112 valence electrons. The third-order valence-electron chi connectivity index (χ3n) is 2.69. The summed E-state index contributed by atoms with van der Waals surface area (Å²) in [5.41, 5.74) is -0.116. The molecule has 0 aliphatic heterocycles. The van der Waals surface area contributed by atoms with Gasteiger partial charge >= 0.3 is 0 Å². The molecule has 0 radical (unpaired) electrons. The Hall–Kier alpha value is -2.87. The van der Waals surface area contributed by atoms with E-state index in [1.54, 1.807) is 12.1 Å². The van der Waals surface area contributed by atoms with Crippen molar-refractivity contribution in [2.24, 2.45) is 0 Å². The molecule has 2 heterocycles. The van der Waals surface area contributed by atoms with E-state index >= 15 is 0 Å². The van der Waals surface area contributed by atoms with Crippen molar-refractivity contribution in [2.75, 3.05) is 0 Å². The molecule has 0 aliphatic carbocycles. The van der Waals surface area contributed by atoms with Gasteiger partial charge in [0, 0.05) is 12.1 Å². The Bertz CT molecular complexity index is 800. The molecule has 22 heavy (non-hydrogen) atoms. The average molecular weight is 322 g/mol. The zero-order valence-electron chi connectivity index (χ0n) is 10.9. The number of furan rings is 1. The molecule has 0 atom stereocenters. The van der Waals surface area contributed by atoms with Crippen LogP contribution in [0.1, 0.15) is 5.89 Å². The van der Waals surface area contributed by atoms with E-state index < -0.39 is 4.92 Å². The van der Waals surface area contributed by atoms with Crippen LogP contribution in [0.3, 0.4) is 0 Å². The summed E-state index contributed by atoms with van der Waals surface area (Å²) in [5, 5.41) is 14.5. The van der Waals surface area contributed by atoms with Crippen molar-refractivity contribution >= 4 is 17.3 Å². The van der Waals surface area contributed by atoms with Crippen LogP contribution in [0, 0.1) is 10.1 Å². The summed E-state index contributed by atoms with van der Waals surface area (Å²) < 4.78 is 15.6. The molecular weight excluding hydrogens is 314 g/mol. The maximum Gasteiger partial charge on any atom is 0.271 e. The van der Waals surface area contributed by atoms with Gasteiger partial charge in [0.2, 0.25) is 5.82 Å². The number of ether oxygens (including phenoxy) is 1. The Morgan fingerprint density at radius 1 is 1.36 bits per heavy atom. The Morgan fingerprint density at radius 3 is 2.91 bits per heavy atom. The van der Waals surface area contributed by atoms with Gasteiger partial charge in [0.05, 0.1) is 16.2 Å². The van der Waals surface area contributed by atoms with Gasteiger partial charge in [-0.1, -0.05) is 16.8 Å². The quantitative estimate of drug-likeness (QED) is 0.523. The molecule has 8 nitrogen and oxygen atoms in total. The molecule has 0 bridgehead atoms. The largest absolute Gasteiger partial charge is 0.482 e. The van der Waals surface area contributed by atoms with Gasteiger partial charge in [0.15, 0.2) is 12.4 Å². The third-order valence-corrected chi connectivity index (χ3v) is 2.98. The van der Waals surface area contributed by atoms with Gasteiger partial charge < -0.3 is 13.7 Å². The van der Waals surface area contributed by atoms with Gasteiger partial charge in [-0.25, -0.2) is 0 Å². The monoisotopic (exact) mass is 321 g/mol. The molecule has 1 aromatic carbocycles. The number of nitro benzene ring substituents is 1. The predicted molar refractivity (Wildman–Crippen MR) is 74.4 cm³/mol. The molecule has 0 spiro atoms. The van der Waals surface area contributed by atoms with Crippen LogP contribution in [0.5, 0.6) is 5.75 Å². The number of nitrogens with zero attached hydrogens (tertiary/aromatic N) is 3. The molecule has 0 unspecified atom stereocenters. The summed E-state index contributed by atoms with van der Waals surface area (Å²) in [4.78, 5) is 14.2. The molecule has 0 amide bonds. The molecular formula is C13H8ClN3O5. The highest BCUT2D eigenvalue weighted by Crippen LogP contribution is 2.29. The van der Waals surface area contributed by atoms with E-state index in [-0.39, 0.29) is 29.0 Å². The van der Waals surface area contributed by atoms with E-state index in [4.69, 9.17) is 25.3 Å². The van der Waals surface area contributed by atoms with Crippen LogP contribution in [0.2, 0.25) is 5.02 Å². The Balaban J connectivity index is 1.69. The smallest absolute Gasteiger partial charge is 0.271 e. The summed E-state index contributed by atoms with van der Waals surface area (Å²) in [6, 6.07) is 7.31. The van der Waals surface area contributed by atoms with Crippen molar-refractivity contribution in [3.63, 3.8) is 0 Å². The lowest BCUT2D eigenvalue weighted by molar-refractivity contribution is -0.384. The van der Waals surface area contributed by atoms with Crippen molar-refractivity contribution in [3.05, 3.63) is 57.6 Å². The average Bonchev–Trinajstić information content (AvgIpc) is 3.16. The summed E-state index contributed by atoms with van der Waals surface area (Å²) >= 11 is 5.92. The van der Waals surface area contributed by atoms with Crippen LogP contribution < -0.4 is 4.74 Å². The molecule has 2 aromatic heterocycles. The van der Waals surface area contributed by atoms with Crippen molar-refractivity contribution in [3.8, 4) is 17.3 Å². The number of hydrogen-bond acceptors (Lipinski definition) is 7. The normalized spacial score (nSPS) is 10.6. The van der Waals surface area contributed by atoms with Gasteiger partial charge in [-0.15, -0.1) is 0 Å². The minimum Gasteiger partial charge on any atom is -0.482 e. The number of nitro groups is 1. The zero-order chi connectivity index (χ0) is 15.5. The maximum absolute atomic E-state index is 10.6. The first-order chi connectivity index (χ1) is 10.6. The van der Waals surface area contributed by atoms with Gasteiger partial charge in [-0.2, -0.15) is 4.98 Å². The van der Waals surface area contributed by atoms with Crippen LogP contribution in [0.25, 0.3) is 11.6 Å². The molecule has 9 heteroatoms. The van der Waals surface area contributed by atoms with Crippen LogP contribution in [-0.4, -0.2) is 15.1 Å². The number of non-ortho nitro benzene ring substituents is 1. The number of hydrogen-bond donors (Lipinski definition) is 0. The first-order valence-electron chi connectivity index (χ1n) is 6.06. The van der Waals surface area contributed by atoms with E-state index in [1.807, 2.05) is 0 Å². The molecule has 3 aromatic rings. The first kappa shape index (κ1) is 14.1. The fourth-order valence-electron chi connectivity index (χ4n) is 1.68. The predicted octanol–water partition coefficient (Wildman–Crippen LogP) is 3.47. The van der Waals surface area contributed by atoms with Gasteiger partial charge in [-0.05, 0) is 18.2 Å². The minimum atomic E-state index is -0.538. The SMILES string of the molecule is O=[N+]([O-])c1ccc(OCc2nc(-c3ccco3)no2)c(Cl)c1. The fourth-order valence-corrected chi connectivity index (χ4v) is 1.91. The van der Waals surface area contributed by atoms with Crippen molar-refractivity contribution < 1.29 is 18.6 Å². The topological polar surface area (TPSA) is 104 Å². The third kappa shape index (κ3) is 2.91. The molecule has 0 fully saturated rings. The van der Waals surface area contributed by atoms with E-state index in [1.165, 1.54) is 24.5 Å². The van der Waals surface area contributed by atoms with Gasteiger partial charge in [0.25, 0.3) is 11.6 Å². The molecule has 0 aliphatic rings. The van der Waals surface area contributed by atoms with E-state index in [9.17, 15) is 10.1 Å². The van der Waals surface area contributed by atoms with Crippen molar-refractivity contribution in [1.82, 2.24) is 10.1 Å². The summed E-state index contributed by atoms with van der Waals surface area (Å²) in [7, 11) is 0. The maximum atomic E-state index is 10.6. The number of benzene rings is 1. The zero-order valence-corrected chi connectivity index (χ0v) is 11.7. The minimum absolute atomic E-state index is 0.0226. The van der Waals surface area contributed by atoms with Crippen LogP contribution in [0.4, 0.5) is 5.69 Å². The fraction of sp³-hybridized carbons (Fsp3) is 0.0769. The summed E-state index contributed by atoms with van der Waals surface area (Å²) in [6.45, 7) is -0.0226. The van der Waals surface area contributed by atoms with Crippen molar-refractivity contribution in [1.29, 1.82) is 0 Å². The van der Waals surface area contributed by atoms with Crippen LogP contribution >= 0.6 is 11.6 Å². The Morgan fingerprint density at radius 2 is 2.23 bits per heavy atom. The lowest BCUT2D eigenvalue weighted by Gasteiger charge is -2.04. The number of aromatic nitrogens is 2. The standard InChI is InChI=1S/C13H8ClN3O5/c14-9-6-8(17(18)19)3-4-10(9)21-7-12-15-13(16-22-12)11-2-1-5-20-11/h1-6H,7H2. The van der Waals surface area contributed by atoms with Crippen LogP contribution in [0.15, 0.2) is 45.5 Å².